The molecule has 98 valence electrons. The molecule has 0 amide bonds. The molecular formula is C17H19NS. The SMILES string of the molecule is Cc1cc(Sc2ccccc2)ccc1CNC1CC1. The Morgan fingerprint density at radius 2 is 1.84 bits per heavy atom. The molecule has 1 aliphatic carbocycles. The third kappa shape index (κ3) is 3.62. The Kier molecular flexibility index (Phi) is 3.90. The zero-order valence-corrected chi connectivity index (χ0v) is 12.0. The number of rotatable bonds is 5. The minimum Gasteiger partial charge on any atom is -0.310 e. The van der Waals surface area contributed by atoms with Crippen molar-refractivity contribution in [3.8, 4) is 0 Å². The lowest BCUT2D eigenvalue weighted by Crippen LogP contribution is -2.15. The van der Waals surface area contributed by atoms with Crippen LogP contribution in [-0.2, 0) is 6.54 Å². The summed E-state index contributed by atoms with van der Waals surface area (Å²) in [5, 5.41) is 3.58. The molecule has 0 aliphatic heterocycles. The summed E-state index contributed by atoms with van der Waals surface area (Å²) in [4.78, 5) is 2.62. The van der Waals surface area contributed by atoms with Crippen LogP contribution in [0.15, 0.2) is 58.3 Å². The van der Waals surface area contributed by atoms with Crippen molar-refractivity contribution in [1.82, 2.24) is 5.32 Å². The van der Waals surface area contributed by atoms with E-state index in [1.807, 2.05) is 11.8 Å². The normalized spacial score (nSPS) is 14.6. The topological polar surface area (TPSA) is 12.0 Å². The molecule has 19 heavy (non-hydrogen) atoms. The second kappa shape index (κ2) is 5.81. The summed E-state index contributed by atoms with van der Waals surface area (Å²) in [6.07, 6.45) is 2.70. The van der Waals surface area contributed by atoms with Gasteiger partial charge in [-0.1, -0.05) is 36.0 Å². The van der Waals surface area contributed by atoms with Gasteiger partial charge in [0, 0.05) is 22.4 Å². The highest BCUT2D eigenvalue weighted by atomic mass is 32.2. The van der Waals surface area contributed by atoms with Gasteiger partial charge in [0.05, 0.1) is 0 Å². The van der Waals surface area contributed by atoms with Crippen LogP contribution in [0.4, 0.5) is 0 Å². The van der Waals surface area contributed by atoms with Crippen LogP contribution in [0.2, 0.25) is 0 Å². The van der Waals surface area contributed by atoms with E-state index in [-0.39, 0.29) is 0 Å². The second-order valence-electron chi connectivity index (χ2n) is 5.16. The van der Waals surface area contributed by atoms with E-state index in [0.717, 1.165) is 12.6 Å². The van der Waals surface area contributed by atoms with E-state index in [0.29, 0.717) is 0 Å². The Bertz CT molecular complexity index is 546. The van der Waals surface area contributed by atoms with Gasteiger partial charge in [0.25, 0.3) is 0 Å². The molecule has 2 heteroatoms. The maximum atomic E-state index is 3.58. The van der Waals surface area contributed by atoms with Gasteiger partial charge in [-0.25, -0.2) is 0 Å². The summed E-state index contributed by atoms with van der Waals surface area (Å²) in [5.41, 5.74) is 2.80. The van der Waals surface area contributed by atoms with Crippen LogP contribution in [0.1, 0.15) is 24.0 Å². The van der Waals surface area contributed by atoms with E-state index < -0.39 is 0 Å². The molecule has 3 rings (SSSR count). The van der Waals surface area contributed by atoms with E-state index in [2.05, 4.69) is 60.8 Å². The first kappa shape index (κ1) is 12.8. The first-order valence-corrected chi connectivity index (χ1v) is 7.69. The van der Waals surface area contributed by atoms with Crippen molar-refractivity contribution in [2.24, 2.45) is 0 Å². The summed E-state index contributed by atoms with van der Waals surface area (Å²) in [5.74, 6) is 0. The Hall–Kier alpha value is -1.25. The minimum absolute atomic E-state index is 0.776. The van der Waals surface area contributed by atoms with E-state index in [9.17, 15) is 0 Å². The molecule has 1 fully saturated rings. The molecule has 2 aromatic rings. The zero-order valence-electron chi connectivity index (χ0n) is 11.2. The summed E-state index contributed by atoms with van der Waals surface area (Å²) >= 11 is 1.83. The molecule has 0 atom stereocenters. The first-order chi connectivity index (χ1) is 9.31. The van der Waals surface area contributed by atoms with Crippen molar-refractivity contribution in [1.29, 1.82) is 0 Å². The lowest BCUT2D eigenvalue weighted by Gasteiger charge is -2.09. The fourth-order valence-corrected chi connectivity index (χ4v) is 3.03. The molecule has 1 saturated carbocycles. The van der Waals surface area contributed by atoms with Gasteiger partial charge >= 0.3 is 0 Å². The van der Waals surface area contributed by atoms with Crippen LogP contribution in [-0.4, -0.2) is 6.04 Å². The van der Waals surface area contributed by atoms with E-state index >= 15 is 0 Å². The van der Waals surface area contributed by atoms with Gasteiger partial charge in [0.15, 0.2) is 0 Å². The van der Waals surface area contributed by atoms with E-state index in [1.54, 1.807) is 0 Å². The highest BCUT2D eigenvalue weighted by molar-refractivity contribution is 7.99. The molecule has 0 unspecified atom stereocenters. The zero-order chi connectivity index (χ0) is 13.1. The summed E-state index contributed by atoms with van der Waals surface area (Å²) in [6, 6.07) is 18.1. The largest absolute Gasteiger partial charge is 0.310 e. The monoisotopic (exact) mass is 269 g/mol. The van der Waals surface area contributed by atoms with Gasteiger partial charge < -0.3 is 5.32 Å². The molecule has 0 bridgehead atoms. The molecule has 0 saturated heterocycles. The second-order valence-corrected chi connectivity index (χ2v) is 6.31. The fraction of sp³-hybridized carbons (Fsp3) is 0.294. The van der Waals surface area contributed by atoms with Gasteiger partial charge in [0.2, 0.25) is 0 Å². The fourth-order valence-electron chi connectivity index (χ4n) is 2.10. The molecule has 0 spiro atoms. The van der Waals surface area contributed by atoms with Crippen molar-refractivity contribution in [3.63, 3.8) is 0 Å². The molecule has 0 radical (unpaired) electrons. The van der Waals surface area contributed by atoms with Gasteiger partial charge in [0.1, 0.15) is 0 Å². The van der Waals surface area contributed by atoms with Crippen LogP contribution in [0.25, 0.3) is 0 Å². The molecule has 2 aromatic carbocycles. The van der Waals surface area contributed by atoms with Crippen LogP contribution in [0.3, 0.4) is 0 Å². The predicted octanol–water partition coefficient (Wildman–Crippen LogP) is 4.40. The first-order valence-electron chi connectivity index (χ1n) is 6.87. The third-order valence-electron chi connectivity index (χ3n) is 3.45. The molecule has 1 nitrogen and oxygen atoms in total. The number of aryl methyl sites for hydroxylation is 1. The third-order valence-corrected chi connectivity index (χ3v) is 4.45. The van der Waals surface area contributed by atoms with Gasteiger partial charge in [-0.05, 0) is 55.2 Å². The van der Waals surface area contributed by atoms with E-state index in [1.165, 1.54) is 33.8 Å². The van der Waals surface area contributed by atoms with Crippen molar-refractivity contribution in [2.75, 3.05) is 0 Å². The molecule has 1 N–H and O–H groups in total. The number of nitrogens with one attached hydrogen (secondary N) is 1. The number of hydrogen-bond donors (Lipinski definition) is 1. The predicted molar refractivity (Wildman–Crippen MR) is 81.6 cm³/mol. The average Bonchev–Trinajstić information content (AvgIpc) is 3.23. The van der Waals surface area contributed by atoms with Crippen molar-refractivity contribution < 1.29 is 0 Å². The van der Waals surface area contributed by atoms with Crippen LogP contribution >= 0.6 is 11.8 Å². The van der Waals surface area contributed by atoms with Crippen molar-refractivity contribution >= 4 is 11.8 Å². The maximum absolute atomic E-state index is 3.58. The molecule has 0 heterocycles. The highest BCUT2D eigenvalue weighted by Gasteiger charge is 2.20. The maximum Gasteiger partial charge on any atom is 0.0210 e. The molecular weight excluding hydrogens is 250 g/mol. The Morgan fingerprint density at radius 3 is 2.53 bits per heavy atom. The summed E-state index contributed by atoms with van der Waals surface area (Å²) in [6.45, 7) is 3.21. The average molecular weight is 269 g/mol. The minimum atomic E-state index is 0.776. The Balaban J connectivity index is 1.67. The van der Waals surface area contributed by atoms with Gasteiger partial charge in [-0.2, -0.15) is 0 Å². The van der Waals surface area contributed by atoms with Crippen molar-refractivity contribution in [2.45, 2.75) is 42.1 Å². The summed E-state index contributed by atoms with van der Waals surface area (Å²) in [7, 11) is 0. The van der Waals surface area contributed by atoms with Crippen LogP contribution in [0.5, 0.6) is 0 Å². The lowest BCUT2D eigenvalue weighted by atomic mass is 10.1. The molecule has 0 aromatic heterocycles. The molecule has 1 aliphatic rings. The quantitative estimate of drug-likeness (QED) is 0.863. The number of hydrogen-bond acceptors (Lipinski definition) is 2. The summed E-state index contributed by atoms with van der Waals surface area (Å²) < 4.78 is 0. The standard InChI is InChI=1S/C17H19NS/c1-13-11-17(19-16-5-3-2-4-6-16)10-7-14(13)12-18-15-8-9-15/h2-7,10-11,15,18H,8-9,12H2,1H3. The van der Waals surface area contributed by atoms with Gasteiger partial charge in [-0.3, -0.25) is 0 Å². The number of benzene rings is 2. The Labute approximate surface area is 119 Å². The van der Waals surface area contributed by atoms with Crippen LogP contribution < -0.4 is 5.32 Å². The Morgan fingerprint density at radius 1 is 1.05 bits per heavy atom. The van der Waals surface area contributed by atoms with Crippen LogP contribution in [0, 0.1) is 6.92 Å². The smallest absolute Gasteiger partial charge is 0.0210 e. The van der Waals surface area contributed by atoms with Gasteiger partial charge in [-0.15, -0.1) is 0 Å². The van der Waals surface area contributed by atoms with Crippen molar-refractivity contribution in [3.05, 3.63) is 59.7 Å². The van der Waals surface area contributed by atoms with E-state index in [4.69, 9.17) is 0 Å². The lowest BCUT2D eigenvalue weighted by molar-refractivity contribution is 0.685. The highest BCUT2D eigenvalue weighted by Crippen LogP contribution is 2.29.